The highest BCUT2D eigenvalue weighted by Crippen LogP contribution is 2.56. The van der Waals surface area contributed by atoms with E-state index in [1.165, 1.54) is 17.3 Å². The maximum atomic E-state index is 12.3. The van der Waals surface area contributed by atoms with E-state index in [-0.39, 0.29) is 17.2 Å². The number of aromatic nitrogens is 5. The molecule has 4 heterocycles. The zero-order valence-electron chi connectivity index (χ0n) is 20.2. The third-order valence-electron chi connectivity index (χ3n) is 7.47. The van der Waals surface area contributed by atoms with Crippen LogP contribution >= 0.6 is 23.4 Å². The van der Waals surface area contributed by atoms with Gasteiger partial charge < -0.3 is 15.2 Å². The molecule has 5 rings (SSSR count). The average Bonchev–Trinajstić information content (AvgIpc) is 3.15. The fourth-order valence-corrected chi connectivity index (χ4v) is 6.66. The van der Waals surface area contributed by atoms with Gasteiger partial charge in [0.2, 0.25) is 5.95 Å². The van der Waals surface area contributed by atoms with Crippen molar-refractivity contribution in [2.24, 2.45) is 10.6 Å². The van der Waals surface area contributed by atoms with E-state index in [1.54, 1.807) is 18.5 Å². The number of piperidine rings is 1. The molecule has 9 nitrogen and oxygen atoms in total. The fourth-order valence-electron chi connectivity index (χ4n) is 5.36. The third kappa shape index (κ3) is 4.87. The van der Waals surface area contributed by atoms with Crippen LogP contribution in [0, 0.1) is 5.41 Å². The Kier molecular flexibility index (Phi) is 7.03. The number of nitrogen functional groups attached to an aromatic ring is 1. The summed E-state index contributed by atoms with van der Waals surface area (Å²) in [6.45, 7) is 5.62. The van der Waals surface area contributed by atoms with Gasteiger partial charge in [-0.2, -0.15) is 5.14 Å². The van der Waals surface area contributed by atoms with Crippen molar-refractivity contribution >= 4 is 46.5 Å². The molecule has 0 bridgehead atoms. The molecule has 1 fully saturated rings. The van der Waals surface area contributed by atoms with Crippen LogP contribution in [0.15, 0.2) is 46.7 Å². The van der Waals surface area contributed by atoms with Crippen molar-refractivity contribution in [2.75, 3.05) is 23.7 Å². The number of fused-ring (bicyclic) bond motifs is 1. The van der Waals surface area contributed by atoms with Gasteiger partial charge in [0.25, 0.3) is 0 Å². The second-order valence-corrected chi connectivity index (χ2v) is 13.2. The summed E-state index contributed by atoms with van der Waals surface area (Å²) in [5, 5.41) is 15.6. The largest absolute Gasteiger partial charge is 0.598 e. The molecular formula is C24H29ClN8OS2. The maximum absolute atomic E-state index is 12.3. The lowest BCUT2D eigenvalue weighted by Gasteiger charge is -2.44. The van der Waals surface area contributed by atoms with Crippen LogP contribution in [-0.4, -0.2) is 47.5 Å². The minimum absolute atomic E-state index is 0.0606. The molecule has 1 spiro atoms. The normalized spacial score (nSPS) is 19.9. The van der Waals surface area contributed by atoms with Crippen molar-refractivity contribution in [3.8, 4) is 0 Å². The SMILES string of the molecule is CC(C)(CC1c2cccnc2CC12CCN(c1ncc(Sc3ccnc(N)c3Cl)nn1)CC2)[S+](N)[O-]. The van der Waals surface area contributed by atoms with Crippen LogP contribution in [0.25, 0.3) is 0 Å². The predicted octanol–water partition coefficient (Wildman–Crippen LogP) is 3.77. The van der Waals surface area contributed by atoms with E-state index in [0.717, 1.165) is 49.4 Å². The van der Waals surface area contributed by atoms with Crippen LogP contribution in [0.4, 0.5) is 11.8 Å². The van der Waals surface area contributed by atoms with Crippen molar-refractivity contribution in [3.05, 3.63) is 53.1 Å². The number of hydrogen-bond acceptors (Lipinski definition) is 10. The fraction of sp³-hybridized carbons (Fsp3) is 0.458. The third-order valence-corrected chi connectivity index (χ3v) is 10.2. The Morgan fingerprint density at radius 2 is 1.97 bits per heavy atom. The zero-order chi connectivity index (χ0) is 25.5. The number of halogens is 1. The zero-order valence-corrected chi connectivity index (χ0v) is 22.6. The number of pyridine rings is 2. The average molecular weight is 545 g/mol. The molecule has 0 radical (unpaired) electrons. The number of hydrogen-bond donors (Lipinski definition) is 2. The second kappa shape index (κ2) is 9.94. The highest BCUT2D eigenvalue weighted by molar-refractivity contribution is 7.99. The van der Waals surface area contributed by atoms with Crippen molar-refractivity contribution < 1.29 is 4.55 Å². The van der Waals surface area contributed by atoms with Gasteiger partial charge in [-0.15, -0.1) is 10.2 Å². The van der Waals surface area contributed by atoms with E-state index in [4.69, 9.17) is 22.5 Å². The molecule has 36 heavy (non-hydrogen) atoms. The van der Waals surface area contributed by atoms with Crippen molar-refractivity contribution in [1.29, 1.82) is 0 Å². The molecule has 12 heteroatoms. The van der Waals surface area contributed by atoms with Crippen LogP contribution in [0.3, 0.4) is 0 Å². The van der Waals surface area contributed by atoms with Gasteiger partial charge in [0, 0.05) is 53.9 Å². The van der Waals surface area contributed by atoms with Crippen molar-refractivity contribution in [3.63, 3.8) is 0 Å². The molecule has 1 aliphatic heterocycles. The van der Waals surface area contributed by atoms with Crippen molar-refractivity contribution in [1.82, 2.24) is 25.1 Å². The molecule has 3 aromatic heterocycles. The van der Waals surface area contributed by atoms with E-state index >= 15 is 0 Å². The second-order valence-electron chi connectivity index (χ2n) is 10.1. The Hall–Kier alpha value is -2.18. The Balaban J connectivity index is 1.30. The molecule has 190 valence electrons. The first-order valence-corrected chi connectivity index (χ1v) is 14.2. The smallest absolute Gasteiger partial charge is 0.245 e. The van der Waals surface area contributed by atoms with Crippen LogP contribution in [0.1, 0.15) is 50.3 Å². The minimum Gasteiger partial charge on any atom is -0.598 e. The van der Waals surface area contributed by atoms with E-state index in [1.807, 2.05) is 26.1 Å². The first-order valence-electron chi connectivity index (χ1n) is 11.8. The summed E-state index contributed by atoms with van der Waals surface area (Å²) < 4.78 is 11.8. The van der Waals surface area contributed by atoms with Gasteiger partial charge in [-0.3, -0.25) is 4.98 Å². The standard InChI is InChI=1S/C24H29ClN8OS2/c1-23(2,36(27)34)12-16-15-4-3-8-28-17(15)13-24(16)6-10-33(11-7-24)22-30-14-19(31-32-22)35-18-5-9-29-21(26)20(18)25/h3-5,8-9,14,16H,6-7,10-13,27H2,1-2H3,(H2,26,29). The van der Waals surface area contributed by atoms with Gasteiger partial charge in [-0.25, -0.2) is 9.97 Å². The predicted molar refractivity (Wildman–Crippen MR) is 143 cm³/mol. The van der Waals surface area contributed by atoms with Crippen LogP contribution in [-0.2, 0) is 17.8 Å². The van der Waals surface area contributed by atoms with E-state index in [9.17, 15) is 4.55 Å². The summed E-state index contributed by atoms with van der Waals surface area (Å²) in [5.41, 5.74) is 8.29. The lowest BCUT2D eigenvalue weighted by atomic mass is 9.67. The molecule has 4 N–H and O–H groups in total. The summed E-state index contributed by atoms with van der Waals surface area (Å²) in [6, 6.07) is 5.96. The lowest BCUT2D eigenvalue weighted by Crippen LogP contribution is -2.46. The summed E-state index contributed by atoms with van der Waals surface area (Å²) in [7, 11) is 0. The van der Waals surface area contributed by atoms with Gasteiger partial charge in [-0.05, 0) is 62.1 Å². The lowest BCUT2D eigenvalue weighted by molar-refractivity contribution is 0.169. The summed E-state index contributed by atoms with van der Waals surface area (Å²) in [6.07, 6.45) is 8.81. The Morgan fingerprint density at radius 1 is 1.19 bits per heavy atom. The van der Waals surface area contributed by atoms with Gasteiger partial charge in [-0.1, -0.05) is 29.4 Å². The molecule has 2 aliphatic rings. The van der Waals surface area contributed by atoms with Crippen LogP contribution in [0.2, 0.25) is 5.02 Å². The monoisotopic (exact) mass is 544 g/mol. The molecule has 3 aromatic rings. The number of anilines is 2. The Labute approximate surface area is 223 Å². The molecule has 2 unspecified atom stereocenters. The van der Waals surface area contributed by atoms with E-state index in [0.29, 0.717) is 16.0 Å². The first kappa shape index (κ1) is 25.5. The van der Waals surface area contributed by atoms with E-state index in [2.05, 4.69) is 36.1 Å². The van der Waals surface area contributed by atoms with Gasteiger partial charge in [0.05, 0.1) is 11.2 Å². The Morgan fingerprint density at radius 3 is 2.67 bits per heavy atom. The quantitative estimate of drug-likeness (QED) is 0.440. The van der Waals surface area contributed by atoms with Crippen molar-refractivity contribution in [2.45, 2.75) is 60.1 Å². The molecule has 0 amide bonds. The summed E-state index contributed by atoms with van der Waals surface area (Å²) >= 11 is 6.19. The molecular weight excluding hydrogens is 516 g/mol. The number of nitrogens with zero attached hydrogens (tertiary/aromatic N) is 6. The summed E-state index contributed by atoms with van der Waals surface area (Å²) in [5.74, 6) is 1.16. The van der Waals surface area contributed by atoms with Crippen LogP contribution < -0.4 is 15.8 Å². The maximum Gasteiger partial charge on any atom is 0.245 e. The van der Waals surface area contributed by atoms with Gasteiger partial charge in [0.15, 0.2) is 0 Å². The molecule has 1 saturated heterocycles. The first-order chi connectivity index (χ1) is 17.2. The highest BCUT2D eigenvalue weighted by Gasteiger charge is 2.51. The molecule has 0 saturated carbocycles. The number of nitrogens with two attached hydrogens (primary N) is 2. The molecule has 0 aromatic carbocycles. The van der Waals surface area contributed by atoms with Gasteiger partial charge >= 0.3 is 0 Å². The number of rotatable bonds is 6. The topological polar surface area (TPSA) is 143 Å². The van der Waals surface area contributed by atoms with Gasteiger partial charge in [0.1, 0.15) is 15.6 Å². The Bertz CT molecular complexity index is 1240. The minimum atomic E-state index is -1.41. The van der Waals surface area contributed by atoms with E-state index < -0.39 is 16.1 Å². The highest BCUT2D eigenvalue weighted by atomic mass is 35.5. The summed E-state index contributed by atoms with van der Waals surface area (Å²) in [4.78, 5) is 16.2. The van der Waals surface area contributed by atoms with Crippen LogP contribution in [0.5, 0.6) is 0 Å². The molecule has 2 atom stereocenters. The molecule has 1 aliphatic carbocycles.